The Morgan fingerprint density at radius 2 is 2.05 bits per heavy atom. The molecule has 20 heavy (non-hydrogen) atoms. The number of carbonyl (C=O) groups is 1. The highest BCUT2D eigenvalue weighted by molar-refractivity contribution is 7.92. The van der Waals surface area contributed by atoms with Crippen molar-refractivity contribution in [2.75, 3.05) is 12.9 Å². The number of Topliss-reactive ketones (excluding diaryl/α,β-unsaturated/α-hetero) is 1. The average Bonchev–Trinajstić information content (AvgIpc) is 2.75. The molecule has 6 heteroatoms. The highest BCUT2D eigenvalue weighted by atomic mass is 35.5. The lowest BCUT2D eigenvalue weighted by Crippen LogP contribution is -2.41. The van der Waals surface area contributed by atoms with E-state index >= 15 is 0 Å². The van der Waals surface area contributed by atoms with Crippen molar-refractivity contribution in [3.05, 3.63) is 28.3 Å². The Kier molecular flexibility index (Phi) is 3.86. The monoisotopic (exact) mass is 316 g/mol. The Labute approximate surface area is 124 Å². The zero-order chi connectivity index (χ0) is 15.1. The van der Waals surface area contributed by atoms with Gasteiger partial charge < -0.3 is 4.74 Å². The Balaban J connectivity index is 2.35. The minimum atomic E-state index is -3.47. The fourth-order valence-electron chi connectivity index (χ4n) is 2.07. The molecule has 1 aliphatic rings. The van der Waals surface area contributed by atoms with E-state index < -0.39 is 14.6 Å². The SMILES string of the molecule is CC(C)(C(=O)Cc1cc(Cl)cc2c1OCC2)S(C)(=O)=O. The van der Waals surface area contributed by atoms with Crippen LogP contribution >= 0.6 is 11.6 Å². The lowest BCUT2D eigenvalue weighted by molar-refractivity contribution is -0.120. The van der Waals surface area contributed by atoms with Crippen molar-refractivity contribution in [1.82, 2.24) is 0 Å². The molecule has 0 saturated carbocycles. The van der Waals surface area contributed by atoms with Gasteiger partial charge in [0.25, 0.3) is 0 Å². The number of fused-ring (bicyclic) bond motifs is 1. The van der Waals surface area contributed by atoms with Crippen LogP contribution in [0.1, 0.15) is 25.0 Å². The lowest BCUT2D eigenvalue weighted by Gasteiger charge is -2.21. The van der Waals surface area contributed by atoms with Gasteiger partial charge in [-0.3, -0.25) is 4.79 Å². The number of sulfone groups is 1. The largest absolute Gasteiger partial charge is 0.493 e. The van der Waals surface area contributed by atoms with E-state index in [0.717, 1.165) is 18.2 Å². The van der Waals surface area contributed by atoms with Crippen molar-refractivity contribution in [2.45, 2.75) is 31.4 Å². The van der Waals surface area contributed by atoms with Gasteiger partial charge in [0.05, 0.1) is 6.61 Å². The number of ether oxygens (including phenoxy) is 1. The number of rotatable bonds is 4. The van der Waals surface area contributed by atoms with Crippen molar-refractivity contribution in [3.8, 4) is 5.75 Å². The van der Waals surface area contributed by atoms with E-state index in [-0.39, 0.29) is 12.2 Å². The van der Waals surface area contributed by atoms with Gasteiger partial charge in [-0.05, 0) is 31.5 Å². The van der Waals surface area contributed by atoms with Crippen LogP contribution in [0.2, 0.25) is 5.02 Å². The van der Waals surface area contributed by atoms with Crippen molar-refractivity contribution in [1.29, 1.82) is 0 Å². The van der Waals surface area contributed by atoms with Gasteiger partial charge in [0, 0.05) is 29.7 Å². The minimum absolute atomic E-state index is 0.00294. The molecule has 0 unspecified atom stereocenters. The molecule has 1 heterocycles. The molecule has 4 nitrogen and oxygen atoms in total. The molecule has 0 radical (unpaired) electrons. The van der Waals surface area contributed by atoms with Crippen molar-refractivity contribution in [2.24, 2.45) is 0 Å². The summed E-state index contributed by atoms with van der Waals surface area (Å²) in [4.78, 5) is 12.3. The minimum Gasteiger partial charge on any atom is -0.493 e. The molecule has 1 aromatic rings. The summed E-state index contributed by atoms with van der Waals surface area (Å²) in [6.45, 7) is 3.42. The zero-order valence-corrected chi connectivity index (χ0v) is 13.3. The number of hydrogen-bond donors (Lipinski definition) is 0. The summed E-state index contributed by atoms with van der Waals surface area (Å²) in [5, 5.41) is 0.536. The highest BCUT2D eigenvalue weighted by Crippen LogP contribution is 2.34. The maximum atomic E-state index is 12.3. The molecular weight excluding hydrogens is 300 g/mol. The van der Waals surface area contributed by atoms with Crippen molar-refractivity contribution in [3.63, 3.8) is 0 Å². The van der Waals surface area contributed by atoms with Gasteiger partial charge in [0.2, 0.25) is 0 Å². The van der Waals surface area contributed by atoms with Crippen molar-refractivity contribution >= 4 is 27.2 Å². The number of halogens is 1. The Morgan fingerprint density at radius 3 is 2.65 bits per heavy atom. The first-order valence-corrected chi connectivity index (χ1v) is 8.57. The van der Waals surface area contributed by atoms with Crippen LogP contribution < -0.4 is 4.74 Å². The fraction of sp³-hybridized carbons (Fsp3) is 0.500. The lowest BCUT2D eigenvalue weighted by atomic mass is 9.98. The summed E-state index contributed by atoms with van der Waals surface area (Å²) >= 11 is 6.03. The first kappa shape index (κ1) is 15.3. The standard InChI is InChI=1S/C14H17ClO4S/c1-14(2,20(3,17)18)12(16)8-10-7-11(15)6-9-4-5-19-13(9)10/h6-7H,4-5,8H2,1-3H3. The predicted molar refractivity (Wildman–Crippen MR) is 78.3 cm³/mol. The normalized spacial score (nSPS) is 14.8. The van der Waals surface area contributed by atoms with Crippen molar-refractivity contribution < 1.29 is 17.9 Å². The molecule has 1 aliphatic heterocycles. The van der Waals surface area contributed by atoms with Crippen LogP contribution in [0.3, 0.4) is 0 Å². The number of hydrogen-bond acceptors (Lipinski definition) is 4. The Morgan fingerprint density at radius 1 is 1.40 bits per heavy atom. The van der Waals surface area contributed by atoms with Crippen LogP contribution in [0.4, 0.5) is 0 Å². The van der Waals surface area contributed by atoms with Crippen LogP contribution in [0.25, 0.3) is 0 Å². The second-order valence-electron chi connectivity index (χ2n) is 5.53. The van der Waals surface area contributed by atoms with E-state index in [0.29, 0.717) is 22.9 Å². The molecule has 2 rings (SSSR count). The molecule has 0 bridgehead atoms. The number of benzene rings is 1. The van der Waals surface area contributed by atoms with Crippen LogP contribution in [0, 0.1) is 0 Å². The van der Waals surface area contributed by atoms with Gasteiger partial charge in [0.1, 0.15) is 10.5 Å². The van der Waals surface area contributed by atoms with Gasteiger partial charge in [0.15, 0.2) is 15.6 Å². The summed E-state index contributed by atoms with van der Waals surface area (Å²) in [5.41, 5.74) is 1.63. The van der Waals surface area contributed by atoms with E-state index in [1.165, 1.54) is 13.8 Å². The maximum absolute atomic E-state index is 12.3. The molecule has 0 saturated heterocycles. The second-order valence-corrected chi connectivity index (χ2v) is 8.54. The van der Waals surface area contributed by atoms with Crippen LogP contribution in [-0.4, -0.2) is 31.8 Å². The molecule has 0 spiro atoms. The second kappa shape index (κ2) is 5.04. The summed E-state index contributed by atoms with van der Waals surface area (Å²) in [6, 6.07) is 3.49. The molecule has 0 aromatic heterocycles. The first-order chi connectivity index (χ1) is 9.13. The maximum Gasteiger partial charge on any atom is 0.159 e. The Bertz CT molecular complexity index is 662. The third-order valence-electron chi connectivity index (χ3n) is 3.77. The highest BCUT2D eigenvalue weighted by Gasteiger charge is 2.38. The van der Waals surface area contributed by atoms with Gasteiger partial charge >= 0.3 is 0 Å². The van der Waals surface area contributed by atoms with E-state index in [1.807, 2.05) is 6.07 Å². The van der Waals surface area contributed by atoms with Gasteiger partial charge in [-0.15, -0.1) is 0 Å². The molecule has 0 amide bonds. The number of carbonyl (C=O) groups excluding carboxylic acids is 1. The van der Waals surface area contributed by atoms with E-state index in [4.69, 9.17) is 16.3 Å². The summed E-state index contributed by atoms with van der Waals surface area (Å²) in [5.74, 6) is 0.312. The third kappa shape index (κ3) is 2.69. The van der Waals surface area contributed by atoms with E-state index in [2.05, 4.69) is 0 Å². The van der Waals surface area contributed by atoms with Gasteiger partial charge in [-0.25, -0.2) is 8.42 Å². The van der Waals surface area contributed by atoms with Gasteiger partial charge in [-0.1, -0.05) is 11.6 Å². The average molecular weight is 317 g/mol. The van der Waals surface area contributed by atoms with Crippen LogP contribution in [-0.2, 0) is 27.5 Å². The molecule has 0 atom stereocenters. The molecule has 0 aliphatic carbocycles. The zero-order valence-electron chi connectivity index (χ0n) is 11.7. The van der Waals surface area contributed by atoms with E-state index in [9.17, 15) is 13.2 Å². The van der Waals surface area contributed by atoms with Gasteiger partial charge in [-0.2, -0.15) is 0 Å². The van der Waals surface area contributed by atoms with Crippen LogP contribution in [0.5, 0.6) is 5.75 Å². The predicted octanol–water partition coefficient (Wildman–Crippen LogP) is 2.21. The molecule has 0 N–H and O–H groups in total. The molecule has 0 fully saturated rings. The summed E-state index contributed by atoms with van der Waals surface area (Å²) in [7, 11) is -3.47. The van der Waals surface area contributed by atoms with E-state index in [1.54, 1.807) is 6.07 Å². The quantitative estimate of drug-likeness (QED) is 0.854. The number of ketones is 1. The Hall–Kier alpha value is -1.07. The smallest absolute Gasteiger partial charge is 0.159 e. The molecule has 110 valence electrons. The van der Waals surface area contributed by atoms with Crippen LogP contribution in [0.15, 0.2) is 12.1 Å². The fourth-order valence-corrected chi connectivity index (χ4v) is 2.82. The molecular formula is C14H17ClO4S. The summed E-state index contributed by atoms with van der Waals surface area (Å²) < 4.78 is 27.5. The summed E-state index contributed by atoms with van der Waals surface area (Å²) in [6.07, 6.45) is 1.83. The third-order valence-corrected chi connectivity index (χ3v) is 6.07. The first-order valence-electron chi connectivity index (χ1n) is 6.30. The molecule has 1 aromatic carbocycles. The topological polar surface area (TPSA) is 60.4 Å².